The molecule has 1 aliphatic heterocycles. The number of hydrogen-bond acceptors (Lipinski definition) is 3. The second-order valence-corrected chi connectivity index (χ2v) is 6.96. The van der Waals surface area contributed by atoms with Crippen LogP contribution in [-0.2, 0) is 9.59 Å². The van der Waals surface area contributed by atoms with Crippen LogP contribution in [0, 0.1) is 11.3 Å². The molecule has 1 rings (SSSR count). The molecule has 1 saturated heterocycles. The Hall–Kier alpha value is -1.10. The van der Waals surface area contributed by atoms with Gasteiger partial charge in [0.15, 0.2) is 0 Å². The van der Waals surface area contributed by atoms with Gasteiger partial charge in [-0.1, -0.05) is 13.8 Å². The fourth-order valence-corrected chi connectivity index (χ4v) is 2.79. The summed E-state index contributed by atoms with van der Waals surface area (Å²) in [6.07, 6.45) is 4.44. The first-order chi connectivity index (χ1) is 9.84. The first-order valence-corrected chi connectivity index (χ1v) is 8.06. The number of carbonyl (C=O) groups is 2. The molecule has 1 fully saturated rings. The van der Waals surface area contributed by atoms with Crippen LogP contribution in [-0.4, -0.2) is 42.9 Å². The monoisotopic (exact) mass is 297 g/mol. The van der Waals surface area contributed by atoms with Crippen LogP contribution >= 0.6 is 0 Å². The smallest absolute Gasteiger partial charge is 0.222 e. The molecule has 5 heteroatoms. The van der Waals surface area contributed by atoms with Gasteiger partial charge in [0.25, 0.3) is 0 Å². The standard InChI is InChI=1S/C16H31N3O2/c1-13(20)18-12-14-5-10-19(11-6-14)15(21)4-7-16(2,3)8-9-17/h14H,4-12,17H2,1-3H3,(H,18,20). The van der Waals surface area contributed by atoms with E-state index in [4.69, 9.17) is 5.73 Å². The van der Waals surface area contributed by atoms with Crippen molar-refractivity contribution in [1.29, 1.82) is 0 Å². The Morgan fingerprint density at radius 1 is 1.24 bits per heavy atom. The molecule has 0 bridgehead atoms. The number of hydrogen-bond donors (Lipinski definition) is 2. The maximum absolute atomic E-state index is 12.2. The van der Waals surface area contributed by atoms with Gasteiger partial charge in [-0.2, -0.15) is 0 Å². The van der Waals surface area contributed by atoms with E-state index in [0.29, 0.717) is 18.9 Å². The van der Waals surface area contributed by atoms with Crippen molar-refractivity contribution in [3.63, 3.8) is 0 Å². The lowest BCUT2D eigenvalue weighted by atomic mass is 9.84. The van der Waals surface area contributed by atoms with Crippen molar-refractivity contribution in [2.75, 3.05) is 26.2 Å². The highest BCUT2D eigenvalue weighted by atomic mass is 16.2. The zero-order chi connectivity index (χ0) is 15.9. The summed E-state index contributed by atoms with van der Waals surface area (Å²) in [5.74, 6) is 0.792. The minimum absolute atomic E-state index is 0.0237. The first-order valence-electron chi connectivity index (χ1n) is 8.06. The molecule has 1 heterocycles. The lowest BCUT2D eigenvalue weighted by Crippen LogP contribution is -2.41. The normalized spacial score (nSPS) is 16.9. The van der Waals surface area contributed by atoms with Crippen molar-refractivity contribution in [3.8, 4) is 0 Å². The number of nitrogens with zero attached hydrogens (tertiary/aromatic N) is 1. The molecule has 0 aromatic carbocycles. The van der Waals surface area contributed by atoms with E-state index in [0.717, 1.165) is 45.3 Å². The third-order valence-corrected chi connectivity index (χ3v) is 4.44. The largest absolute Gasteiger partial charge is 0.356 e. The van der Waals surface area contributed by atoms with Gasteiger partial charge in [-0.3, -0.25) is 9.59 Å². The van der Waals surface area contributed by atoms with E-state index < -0.39 is 0 Å². The van der Waals surface area contributed by atoms with Crippen molar-refractivity contribution in [2.24, 2.45) is 17.1 Å². The number of rotatable bonds is 7. The van der Waals surface area contributed by atoms with Gasteiger partial charge in [-0.05, 0) is 43.6 Å². The Balaban J connectivity index is 2.27. The van der Waals surface area contributed by atoms with E-state index in [1.807, 2.05) is 4.90 Å². The average molecular weight is 297 g/mol. The lowest BCUT2D eigenvalue weighted by molar-refractivity contribution is -0.133. The Kier molecular flexibility index (Phi) is 7.15. The topological polar surface area (TPSA) is 75.4 Å². The van der Waals surface area contributed by atoms with Gasteiger partial charge in [0, 0.05) is 33.0 Å². The second-order valence-electron chi connectivity index (χ2n) is 6.96. The van der Waals surface area contributed by atoms with Crippen LogP contribution in [0.5, 0.6) is 0 Å². The van der Waals surface area contributed by atoms with Gasteiger partial charge >= 0.3 is 0 Å². The first kappa shape index (κ1) is 18.0. The van der Waals surface area contributed by atoms with Gasteiger partial charge in [-0.25, -0.2) is 0 Å². The molecule has 0 atom stereocenters. The fourth-order valence-electron chi connectivity index (χ4n) is 2.79. The predicted octanol–water partition coefficient (Wildman–Crippen LogP) is 1.52. The summed E-state index contributed by atoms with van der Waals surface area (Å²) in [5.41, 5.74) is 5.75. The van der Waals surface area contributed by atoms with Crippen molar-refractivity contribution in [1.82, 2.24) is 10.2 Å². The molecular formula is C16H31N3O2. The van der Waals surface area contributed by atoms with Crippen LogP contribution in [0.4, 0.5) is 0 Å². The summed E-state index contributed by atoms with van der Waals surface area (Å²) in [6, 6.07) is 0. The van der Waals surface area contributed by atoms with E-state index in [9.17, 15) is 9.59 Å². The van der Waals surface area contributed by atoms with Gasteiger partial charge in [0.1, 0.15) is 0 Å². The quantitative estimate of drug-likeness (QED) is 0.748. The van der Waals surface area contributed by atoms with Crippen LogP contribution in [0.1, 0.15) is 52.9 Å². The minimum Gasteiger partial charge on any atom is -0.356 e. The Morgan fingerprint density at radius 2 is 1.86 bits per heavy atom. The molecule has 0 aromatic rings. The number of nitrogens with one attached hydrogen (secondary N) is 1. The zero-order valence-corrected chi connectivity index (χ0v) is 13.8. The van der Waals surface area contributed by atoms with Crippen LogP contribution < -0.4 is 11.1 Å². The lowest BCUT2D eigenvalue weighted by Gasteiger charge is -2.33. The molecule has 5 nitrogen and oxygen atoms in total. The summed E-state index contributed by atoms with van der Waals surface area (Å²) < 4.78 is 0. The Morgan fingerprint density at radius 3 is 2.38 bits per heavy atom. The molecule has 0 aromatic heterocycles. The maximum Gasteiger partial charge on any atom is 0.222 e. The average Bonchev–Trinajstić information content (AvgIpc) is 2.43. The third kappa shape index (κ3) is 6.93. The molecule has 122 valence electrons. The van der Waals surface area contributed by atoms with E-state index in [1.54, 1.807) is 6.92 Å². The zero-order valence-electron chi connectivity index (χ0n) is 13.8. The van der Waals surface area contributed by atoms with Crippen molar-refractivity contribution in [2.45, 2.75) is 52.9 Å². The summed E-state index contributed by atoms with van der Waals surface area (Å²) in [6.45, 7) is 8.94. The highest BCUT2D eigenvalue weighted by Gasteiger charge is 2.25. The Bertz CT molecular complexity index is 347. The molecule has 21 heavy (non-hydrogen) atoms. The van der Waals surface area contributed by atoms with Crippen LogP contribution in [0.3, 0.4) is 0 Å². The Labute approximate surface area is 128 Å². The molecule has 2 amide bonds. The molecule has 0 saturated carbocycles. The highest BCUT2D eigenvalue weighted by Crippen LogP contribution is 2.27. The van der Waals surface area contributed by atoms with Crippen LogP contribution in [0.2, 0.25) is 0 Å². The van der Waals surface area contributed by atoms with Gasteiger partial charge < -0.3 is 16.0 Å². The molecule has 0 unspecified atom stereocenters. The van der Waals surface area contributed by atoms with Crippen LogP contribution in [0.25, 0.3) is 0 Å². The summed E-state index contributed by atoms with van der Waals surface area (Å²) in [4.78, 5) is 25.1. The van der Waals surface area contributed by atoms with Gasteiger partial charge in [0.05, 0.1) is 0 Å². The highest BCUT2D eigenvalue weighted by molar-refractivity contribution is 5.76. The minimum atomic E-state index is 0.0237. The summed E-state index contributed by atoms with van der Waals surface area (Å²) in [5, 5.41) is 2.86. The molecule has 0 aliphatic carbocycles. The number of amides is 2. The van der Waals surface area contributed by atoms with Gasteiger partial charge in [-0.15, -0.1) is 0 Å². The summed E-state index contributed by atoms with van der Waals surface area (Å²) in [7, 11) is 0. The van der Waals surface area contributed by atoms with Crippen molar-refractivity contribution in [3.05, 3.63) is 0 Å². The maximum atomic E-state index is 12.2. The second kappa shape index (κ2) is 8.37. The fraction of sp³-hybridized carbons (Fsp3) is 0.875. The number of piperidine rings is 1. The molecule has 0 spiro atoms. The number of carbonyl (C=O) groups excluding carboxylic acids is 2. The number of likely N-dealkylation sites (tertiary alicyclic amines) is 1. The van der Waals surface area contributed by atoms with Gasteiger partial charge in [0.2, 0.25) is 11.8 Å². The molecule has 0 radical (unpaired) electrons. The molecule has 3 N–H and O–H groups in total. The third-order valence-electron chi connectivity index (χ3n) is 4.44. The summed E-state index contributed by atoms with van der Waals surface area (Å²) >= 11 is 0. The van der Waals surface area contributed by atoms with Crippen molar-refractivity contribution < 1.29 is 9.59 Å². The molecule has 1 aliphatic rings. The number of nitrogens with two attached hydrogens (primary N) is 1. The SMILES string of the molecule is CC(=O)NCC1CCN(C(=O)CCC(C)(C)CCN)CC1. The van der Waals surface area contributed by atoms with E-state index in [2.05, 4.69) is 19.2 Å². The van der Waals surface area contributed by atoms with E-state index >= 15 is 0 Å². The predicted molar refractivity (Wildman–Crippen MR) is 84.7 cm³/mol. The van der Waals surface area contributed by atoms with E-state index in [-0.39, 0.29) is 17.2 Å². The van der Waals surface area contributed by atoms with Crippen LogP contribution in [0.15, 0.2) is 0 Å². The van der Waals surface area contributed by atoms with E-state index in [1.165, 1.54) is 0 Å². The van der Waals surface area contributed by atoms with Crippen molar-refractivity contribution >= 4 is 11.8 Å². The molecular weight excluding hydrogens is 266 g/mol.